The molecule has 26 heavy (non-hydrogen) atoms. The van der Waals surface area contributed by atoms with Gasteiger partial charge in [0.1, 0.15) is 11.6 Å². The third-order valence-corrected chi connectivity index (χ3v) is 4.56. The zero-order valence-electron chi connectivity index (χ0n) is 13.7. The molecule has 0 saturated heterocycles. The molecule has 3 aromatic heterocycles. The van der Waals surface area contributed by atoms with Gasteiger partial charge >= 0.3 is 0 Å². The predicted molar refractivity (Wildman–Crippen MR) is 104 cm³/mol. The van der Waals surface area contributed by atoms with Crippen LogP contribution in [-0.2, 0) is 4.79 Å². The summed E-state index contributed by atoms with van der Waals surface area (Å²) in [4.78, 5) is 26.5. The number of pyridine rings is 1. The van der Waals surface area contributed by atoms with Gasteiger partial charge < -0.3 is 10.6 Å². The highest BCUT2D eigenvalue weighted by Gasteiger charge is 2.11. The number of nitrogens with one attached hydrogen (secondary N) is 2. The van der Waals surface area contributed by atoms with Crippen LogP contribution in [0.3, 0.4) is 0 Å². The molecule has 128 valence electrons. The van der Waals surface area contributed by atoms with Gasteiger partial charge in [-0.15, -0.1) is 11.3 Å². The van der Waals surface area contributed by atoms with E-state index in [2.05, 4.69) is 25.6 Å². The van der Waals surface area contributed by atoms with Crippen LogP contribution < -0.4 is 10.6 Å². The van der Waals surface area contributed by atoms with Gasteiger partial charge in [0.25, 0.3) is 0 Å². The van der Waals surface area contributed by atoms with Crippen molar-refractivity contribution in [3.63, 3.8) is 0 Å². The highest BCUT2D eigenvalue weighted by Crippen LogP contribution is 2.27. The molecule has 7 heteroatoms. The number of benzene rings is 1. The molecule has 0 unspecified atom stereocenters. The molecule has 6 nitrogen and oxygen atoms in total. The molecular weight excluding hydrogens is 346 g/mol. The lowest BCUT2D eigenvalue weighted by Gasteiger charge is -2.10. The van der Waals surface area contributed by atoms with Crippen LogP contribution in [0.25, 0.3) is 21.6 Å². The van der Waals surface area contributed by atoms with Crippen molar-refractivity contribution in [2.24, 2.45) is 0 Å². The molecule has 3 heterocycles. The summed E-state index contributed by atoms with van der Waals surface area (Å²) < 4.78 is 0. The van der Waals surface area contributed by atoms with E-state index < -0.39 is 0 Å². The van der Waals surface area contributed by atoms with E-state index in [1.54, 1.807) is 29.7 Å². The molecule has 0 spiro atoms. The molecule has 0 aliphatic heterocycles. The maximum absolute atomic E-state index is 12.2. The molecule has 0 radical (unpaired) electrons. The van der Waals surface area contributed by atoms with Crippen molar-refractivity contribution in [3.8, 4) is 10.7 Å². The van der Waals surface area contributed by atoms with Crippen molar-refractivity contribution in [1.82, 2.24) is 15.0 Å². The lowest BCUT2D eigenvalue weighted by atomic mass is 10.2. The van der Waals surface area contributed by atoms with E-state index in [0.29, 0.717) is 17.5 Å². The second-order valence-electron chi connectivity index (χ2n) is 5.51. The van der Waals surface area contributed by atoms with Gasteiger partial charge in [0.05, 0.1) is 16.9 Å². The Bertz CT molecular complexity index is 1030. The van der Waals surface area contributed by atoms with Crippen molar-refractivity contribution in [2.45, 2.75) is 0 Å². The van der Waals surface area contributed by atoms with Crippen molar-refractivity contribution in [3.05, 3.63) is 66.2 Å². The molecule has 0 aliphatic carbocycles. The lowest BCUT2D eigenvalue weighted by Crippen LogP contribution is -2.22. The molecule has 0 saturated carbocycles. The standard InChI is InChI=1S/C19H15N5OS/c25-17(23-16-9-3-4-10-20-16)12-21-18-13-6-1-2-7-14(13)22-19(24-18)15-8-5-11-26-15/h1-11H,12H2,(H,20,23,25)(H,21,22,24). The van der Waals surface area contributed by atoms with Crippen LogP contribution >= 0.6 is 11.3 Å². The van der Waals surface area contributed by atoms with E-state index in [4.69, 9.17) is 0 Å². The van der Waals surface area contributed by atoms with Crippen LogP contribution in [0.5, 0.6) is 0 Å². The smallest absolute Gasteiger partial charge is 0.244 e. The van der Waals surface area contributed by atoms with Crippen LogP contribution in [0.4, 0.5) is 11.6 Å². The average Bonchev–Trinajstić information content (AvgIpc) is 3.21. The number of hydrogen-bond donors (Lipinski definition) is 2. The third-order valence-electron chi connectivity index (χ3n) is 3.69. The zero-order valence-corrected chi connectivity index (χ0v) is 14.5. The Balaban J connectivity index is 1.58. The van der Waals surface area contributed by atoms with Crippen molar-refractivity contribution in [2.75, 3.05) is 17.2 Å². The number of para-hydroxylation sites is 1. The van der Waals surface area contributed by atoms with Crippen molar-refractivity contribution in [1.29, 1.82) is 0 Å². The quantitative estimate of drug-likeness (QED) is 0.565. The highest BCUT2D eigenvalue weighted by molar-refractivity contribution is 7.13. The predicted octanol–water partition coefficient (Wildman–Crippen LogP) is 3.80. The molecule has 0 atom stereocenters. The topological polar surface area (TPSA) is 79.8 Å². The summed E-state index contributed by atoms with van der Waals surface area (Å²) in [5.74, 6) is 1.61. The summed E-state index contributed by atoms with van der Waals surface area (Å²) in [5, 5.41) is 8.73. The Morgan fingerprint density at radius 2 is 1.88 bits per heavy atom. The van der Waals surface area contributed by atoms with E-state index in [9.17, 15) is 4.79 Å². The molecule has 4 aromatic rings. The van der Waals surface area contributed by atoms with Crippen LogP contribution in [0.2, 0.25) is 0 Å². The van der Waals surface area contributed by atoms with Gasteiger partial charge in [0.15, 0.2) is 5.82 Å². The number of fused-ring (bicyclic) bond motifs is 1. The third kappa shape index (κ3) is 3.52. The Morgan fingerprint density at radius 3 is 2.69 bits per heavy atom. The van der Waals surface area contributed by atoms with E-state index in [0.717, 1.165) is 15.8 Å². The van der Waals surface area contributed by atoms with Crippen molar-refractivity contribution >= 4 is 39.8 Å². The molecule has 1 aromatic carbocycles. The summed E-state index contributed by atoms with van der Waals surface area (Å²) in [6, 6.07) is 17.0. The minimum atomic E-state index is -0.191. The number of carbonyl (C=O) groups excluding carboxylic acids is 1. The lowest BCUT2D eigenvalue weighted by molar-refractivity contribution is -0.114. The van der Waals surface area contributed by atoms with Gasteiger partial charge in [0.2, 0.25) is 5.91 Å². The highest BCUT2D eigenvalue weighted by atomic mass is 32.1. The van der Waals surface area contributed by atoms with E-state index in [-0.39, 0.29) is 12.5 Å². The number of amides is 1. The SMILES string of the molecule is O=C(CNc1nc(-c2cccs2)nc2ccccc12)Nc1ccccn1. The van der Waals surface area contributed by atoms with E-state index >= 15 is 0 Å². The average molecular weight is 361 g/mol. The number of carbonyl (C=O) groups is 1. The van der Waals surface area contributed by atoms with Crippen LogP contribution in [0.15, 0.2) is 66.2 Å². The Kier molecular flexibility index (Phi) is 4.53. The largest absolute Gasteiger partial charge is 0.360 e. The van der Waals surface area contributed by atoms with Crippen molar-refractivity contribution < 1.29 is 4.79 Å². The number of anilines is 2. The minimum absolute atomic E-state index is 0.0848. The van der Waals surface area contributed by atoms with Crippen LogP contribution in [0, 0.1) is 0 Å². The maximum atomic E-state index is 12.2. The Morgan fingerprint density at radius 1 is 1.00 bits per heavy atom. The molecule has 0 bridgehead atoms. The van der Waals surface area contributed by atoms with E-state index in [1.807, 2.05) is 47.8 Å². The molecule has 2 N–H and O–H groups in total. The first kappa shape index (κ1) is 16.2. The fraction of sp³-hybridized carbons (Fsp3) is 0.0526. The van der Waals surface area contributed by atoms with Gasteiger partial charge in [-0.05, 0) is 35.7 Å². The van der Waals surface area contributed by atoms with Crippen LogP contribution in [0.1, 0.15) is 0 Å². The monoisotopic (exact) mass is 361 g/mol. The number of aromatic nitrogens is 3. The molecule has 1 amide bonds. The first-order valence-electron chi connectivity index (χ1n) is 8.05. The summed E-state index contributed by atoms with van der Waals surface area (Å²) in [6.45, 7) is 0.0848. The second kappa shape index (κ2) is 7.28. The fourth-order valence-corrected chi connectivity index (χ4v) is 3.17. The van der Waals surface area contributed by atoms with Gasteiger partial charge in [-0.3, -0.25) is 4.79 Å². The van der Waals surface area contributed by atoms with Gasteiger partial charge in [-0.1, -0.05) is 24.3 Å². The summed E-state index contributed by atoms with van der Waals surface area (Å²) in [6.07, 6.45) is 1.63. The minimum Gasteiger partial charge on any atom is -0.360 e. The molecule has 0 aliphatic rings. The normalized spacial score (nSPS) is 10.6. The number of thiophene rings is 1. The fourth-order valence-electron chi connectivity index (χ4n) is 2.52. The molecule has 4 rings (SSSR count). The number of nitrogens with zero attached hydrogens (tertiary/aromatic N) is 3. The summed E-state index contributed by atoms with van der Waals surface area (Å²) in [5.41, 5.74) is 0.832. The number of rotatable bonds is 5. The summed E-state index contributed by atoms with van der Waals surface area (Å²) in [7, 11) is 0. The van der Waals surface area contributed by atoms with Gasteiger partial charge in [-0.2, -0.15) is 0 Å². The van der Waals surface area contributed by atoms with E-state index in [1.165, 1.54) is 0 Å². The zero-order chi connectivity index (χ0) is 17.8. The first-order chi connectivity index (χ1) is 12.8. The molecular formula is C19H15N5OS. The van der Waals surface area contributed by atoms with Gasteiger partial charge in [-0.25, -0.2) is 15.0 Å². The van der Waals surface area contributed by atoms with Gasteiger partial charge in [0, 0.05) is 11.6 Å². The number of hydrogen-bond acceptors (Lipinski definition) is 6. The Labute approximate surface area is 154 Å². The first-order valence-corrected chi connectivity index (χ1v) is 8.93. The Hall–Kier alpha value is -3.32. The van der Waals surface area contributed by atoms with Crippen LogP contribution in [-0.4, -0.2) is 27.4 Å². The summed E-state index contributed by atoms with van der Waals surface area (Å²) >= 11 is 1.58. The second-order valence-corrected chi connectivity index (χ2v) is 6.45. The molecule has 0 fully saturated rings. The maximum Gasteiger partial charge on any atom is 0.244 e.